The van der Waals surface area contributed by atoms with Crippen LogP contribution >= 0.6 is 0 Å². The zero-order valence-electron chi connectivity index (χ0n) is 7.73. The van der Waals surface area contributed by atoms with Crippen LogP contribution in [0.3, 0.4) is 0 Å². The van der Waals surface area contributed by atoms with E-state index in [9.17, 15) is 8.42 Å². The molecular formula is C8H14N2O2S. The lowest BCUT2D eigenvalue weighted by Gasteiger charge is -2.25. The van der Waals surface area contributed by atoms with Gasteiger partial charge < -0.3 is 4.85 Å². The average molecular weight is 202 g/mol. The maximum atomic E-state index is 11.4. The summed E-state index contributed by atoms with van der Waals surface area (Å²) in [7, 11) is -3.02. The first-order valence-electron chi connectivity index (χ1n) is 4.44. The summed E-state index contributed by atoms with van der Waals surface area (Å²) in [4.78, 5) is 3.42. The lowest BCUT2D eigenvalue weighted by Crippen LogP contribution is -2.40. The van der Waals surface area contributed by atoms with Gasteiger partial charge in [0.25, 0.3) is 0 Å². The summed E-state index contributed by atoms with van der Waals surface area (Å²) in [6.45, 7) is 9.50. The summed E-state index contributed by atoms with van der Waals surface area (Å²) in [5.41, 5.74) is 0. The van der Waals surface area contributed by atoms with Gasteiger partial charge in [-0.05, 0) is 6.92 Å². The molecule has 5 heteroatoms. The van der Waals surface area contributed by atoms with E-state index in [0.29, 0.717) is 25.9 Å². The third-order valence-electron chi connectivity index (χ3n) is 2.36. The summed E-state index contributed by atoms with van der Waals surface area (Å²) < 4.78 is 24.3. The third-order valence-corrected chi connectivity index (χ3v) is 4.25. The smallest absolute Gasteiger partial charge is 0.226 e. The van der Waals surface area contributed by atoms with Crippen LogP contribution in [-0.4, -0.2) is 37.6 Å². The predicted octanol–water partition coefficient (Wildman–Crippen LogP) is 0.720. The molecule has 0 unspecified atom stereocenters. The number of rotatable bonds is 2. The molecule has 0 bridgehead atoms. The Morgan fingerprint density at radius 3 is 2.38 bits per heavy atom. The van der Waals surface area contributed by atoms with Gasteiger partial charge in [-0.2, -0.15) is 0 Å². The quantitative estimate of drug-likeness (QED) is 0.619. The highest BCUT2D eigenvalue weighted by Gasteiger charge is 2.28. The van der Waals surface area contributed by atoms with Gasteiger partial charge in [0.2, 0.25) is 16.1 Å². The highest BCUT2D eigenvalue weighted by molar-refractivity contribution is 7.89. The minimum absolute atomic E-state index is 0.0308. The van der Waals surface area contributed by atoms with Crippen molar-refractivity contribution in [1.82, 2.24) is 4.31 Å². The molecule has 0 saturated carbocycles. The highest BCUT2D eigenvalue weighted by atomic mass is 32.2. The Labute approximate surface area is 79.4 Å². The third kappa shape index (κ3) is 2.42. The van der Waals surface area contributed by atoms with Crippen LogP contribution < -0.4 is 0 Å². The van der Waals surface area contributed by atoms with Crippen LogP contribution in [0.25, 0.3) is 4.85 Å². The largest absolute Gasteiger partial charge is 0.314 e. The van der Waals surface area contributed by atoms with Gasteiger partial charge in [-0.1, -0.05) is 0 Å². The zero-order valence-corrected chi connectivity index (χ0v) is 8.55. The van der Waals surface area contributed by atoms with E-state index in [-0.39, 0.29) is 11.8 Å². The van der Waals surface area contributed by atoms with Crippen LogP contribution in [-0.2, 0) is 10.0 Å². The number of piperidine rings is 1. The van der Waals surface area contributed by atoms with Crippen molar-refractivity contribution in [2.75, 3.05) is 18.8 Å². The lowest BCUT2D eigenvalue weighted by atomic mass is 10.1. The molecule has 0 aromatic carbocycles. The summed E-state index contributed by atoms with van der Waals surface area (Å²) in [6.07, 6.45) is 1.37. The van der Waals surface area contributed by atoms with Gasteiger partial charge in [-0.3, -0.25) is 0 Å². The van der Waals surface area contributed by atoms with Gasteiger partial charge in [-0.25, -0.2) is 19.3 Å². The van der Waals surface area contributed by atoms with Gasteiger partial charge in [0, 0.05) is 25.9 Å². The van der Waals surface area contributed by atoms with Crippen LogP contribution in [0.15, 0.2) is 0 Å². The molecule has 0 radical (unpaired) electrons. The number of nitrogens with zero attached hydrogens (tertiary/aromatic N) is 2. The minimum Gasteiger partial charge on any atom is -0.314 e. The van der Waals surface area contributed by atoms with Crippen molar-refractivity contribution in [3.8, 4) is 0 Å². The second-order valence-corrected chi connectivity index (χ2v) is 5.42. The Kier molecular flexibility index (Phi) is 3.28. The van der Waals surface area contributed by atoms with Crippen molar-refractivity contribution >= 4 is 10.0 Å². The molecule has 1 saturated heterocycles. The van der Waals surface area contributed by atoms with Crippen LogP contribution in [0.1, 0.15) is 19.8 Å². The molecule has 1 rings (SSSR count). The molecule has 0 aromatic rings. The first-order valence-corrected chi connectivity index (χ1v) is 6.05. The molecule has 1 heterocycles. The first-order chi connectivity index (χ1) is 6.10. The fourth-order valence-corrected chi connectivity index (χ4v) is 2.56. The molecule has 74 valence electrons. The molecule has 1 aliphatic heterocycles. The number of hydrogen-bond donors (Lipinski definition) is 0. The Morgan fingerprint density at radius 1 is 1.46 bits per heavy atom. The van der Waals surface area contributed by atoms with Crippen LogP contribution in [0.4, 0.5) is 0 Å². The Balaban J connectivity index is 2.56. The van der Waals surface area contributed by atoms with Crippen LogP contribution in [0.2, 0.25) is 0 Å². The van der Waals surface area contributed by atoms with Crippen molar-refractivity contribution in [2.45, 2.75) is 25.8 Å². The lowest BCUT2D eigenvalue weighted by molar-refractivity contribution is 0.337. The van der Waals surface area contributed by atoms with Crippen LogP contribution in [0.5, 0.6) is 0 Å². The molecule has 13 heavy (non-hydrogen) atoms. The molecular weight excluding hydrogens is 188 g/mol. The summed E-state index contributed by atoms with van der Waals surface area (Å²) in [6, 6.07) is 0.0308. The number of sulfonamides is 1. The molecule has 4 nitrogen and oxygen atoms in total. The molecule has 0 spiro atoms. The van der Waals surface area contributed by atoms with E-state index in [1.807, 2.05) is 0 Å². The van der Waals surface area contributed by atoms with E-state index in [4.69, 9.17) is 6.57 Å². The van der Waals surface area contributed by atoms with Gasteiger partial charge in [0.05, 0.1) is 5.75 Å². The monoisotopic (exact) mass is 202 g/mol. The Morgan fingerprint density at radius 2 is 2.00 bits per heavy atom. The minimum atomic E-state index is -3.02. The van der Waals surface area contributed by atoms with E-state index < -0.39 is 10.0 Å². The summed E-state index contributed by atoms with van der Waals surface area (Å²) >= 11 is 0. The van der Waals surface area contributed by atoms with Gasteiger partial charge >= 0.3 is 0 Å². The molecule has 0 amide bonds. The fourth-order valence-electron chi connectivity index (χ4n) is 1.43. The maximum Gasteiger partial charge on any atom is 0.226 e. The van der Waals surface area contributed by atoms with E-state index in [2.05, 4.69) is 4.85 Å². The molecule has 0 aromatic heterocycles. The second-order valence-electron chi connectivity index (χ2n) is 3.16. The summed E-state index contributed by atoms with van der Waals surface area (Å²) in [5, 5.41) is 0. The highest BCUT2D eigenvalue weighted by Crippen LogP contribution is 2.16. The van der Waals surface area contributed by atoms with Gasteiger partial charge in [-0.15, -0.1) is 0 Å². The predicted molar refractivity (Wildman–Crippen MR) is 50.7 cm³/mol. The van der Waals surface area contributed by atoms with Crippen molar-refractivity contribution in [3.63, 3.8) is 0 Å². The molecule has 0 N–H and O–H groups in total. The topological polar surface area (TPSA) is 41.7 Å². The first kappa shape index (κ1) is 10.5. The molecule has 1 aliphatic rings. The second kappa shape index (κ2) is 4.07. The van der Waals surface area contributed by atoms with Gasteiger partial charge in [0.1, 0.15) is 0 Å². The SMILES string of the molecule is [C-]#[N+]C1CCN(S(=O)(=O)CC)CC1. The summed E-state index contributed by atoms with van der Waals surface area (Å²) in [5.74, 6) is 0.162. The Bertz CT molecular complexity index is 297. The maximum absolute atomic E-state index is 11.4. The Hall–Kier alpha value is -0.600. The van der Waals surface area contributed by atoms with Crippen molar-refractivity contribution in [2.24, 2.45) is 0 Å². The van der Waals surface area contributed by atoms with Crippen molar-refractivity contribution in [1.29, 1.82) is 0 Å². The van der Waals surface area contributed by atoms with E-state index in [0.717, 1.165) is 0 Å². The zero-order chi connectivity index (χ0) is 9.90. The van der Waals surface area contributed by atoms with E-state index in [1.165, 1.54) is 4.31 Å². The van der Waals surface area contributed by atoms with E-state index >= 15 is 0 Å². The average Bonchev–Trinajstić information content (AvgIpc) is 2.18. The van der Waals surface area contributed by atoms with E-state index in [1.54, 1.807) is 6.92 Å². The molecule has 0 atom stereocenters. The van der Waals surface area contributed by atoms with Gasteiger partial charge in [0.15, 0.2) is 0 Å². The molecule has 0 aliphatic carbocycles. The molecule has 1 fully saturated rings. The normalized spacial score (nSPS) is 21.2. The van der Waals surface area contributed by atoms with Crippen LogP contribution in [0, 0.1) is 6.57 Å². The fraction of sp³-hybridized carbons (Fsp3) is 0.875. The van der Waals surface area contributed by atoms with Crippen molar-refractivity contribution < 1.29 is 8.42 Å². The number of hydrogen-bond acceptors (Lipinski definition) is 2. The van der Waals surface area contributed by atoms with Crippen molar-refractivity contribution in [3.05, 3.63) is 11.4 Å². The standard InChI is InChI=1S/C8H14N2O2S/c1-3-13(11,12)10-6-4-8(9-2)5-7-10/h8H,3-7H2,1H3.